The Hall–Kier alpha value is -0.600. The van der Waals surface area contributed by atoms with Gasteiger partial charge < -0.3 is 5.32 Å². The highest BCUT2D eigenvalue weighted by Gasteiger charge is 2.21. The summed E-state index contributed by atoms with van der Waals surface area (Å²) in [7, 11) is 2.09. The predicted molar refractivity (Wildman–Crippen MR) is 80.4 cm³/mol. The average Bonchev–Trinajstić information content (AvgIpc) is 2.31. The maximum atomic E-state index is 14.0. The molecule has 1 unspecified atom stereocenters. The summed E-state index contributed by atoms with van der Waals surface area (Å²) in [4.78, 5) is 0. The van der Waals surface area contributed by atoms with Gasteiger partial charge in [-0.25, -0.2) is 4.39 Å². The van der Waals surface area contributed by atoms with Gasteiger partial charge in [0.25, 0.3) is 0 Å². The minimum atomic E-state index is -0.270. The van der Waals surface area contributed by atoms with Gasteiger partial charge in [-0.2, -0.15) is 0 Å². The highest BCUT2D eigenvalue weighted by molar-refractivity contribution is 6.30. The second-order valence-corrected chi connectivity index (χ2v) is 6.80. The summed E-state index contributed by atoms with van der Waals surface area (Å²) in [6.45, 7) is 8.26. The van der Waals surface area contributed by atoms with E-state index in [1.807, 2.05) is 26.8 Å². The van der Waals surface area contributed by atoms with Crippen molar-refractivity contribution in [3.05, 3.63) is 34.1 Å². The minimum absolute atomic E-state index is 0.214. The van der Waals surface area contributed by atoms with E-state index in [-0.39, 0.29) is 16.3 Å². The number of aryl methyl sites for hydroxylation is 1. The second kappa shape index (κ2) is 6.71. The number of nitrogens with two attached hydrogens (primary N) is 1. The van der Waals surface area contributed by atoms with Crippen LogP contribution in [0, 0.1) is 5.82 Å². The fourth-order valence-corrected chi connectivity index (χ4v) is 2.37. The molecule has 19 heavy (non-hydrogen) atoms. The monoisotopic (exact) mass is 286 g/mol. The van der Waals surface area contributed by atoms with E-state index < -0.39 is 0 Å². The predicted octanol–water partition coefficient (Wildman–Crippen LogP) is 3.68. The largest absolute Gasteiger partial charge is 0.346 e. The number of benzene rings is 1. The van der Waals surface area contributed by atoms with Crippen LogP contribution in [0.5, 0.6) is 0 Å². The van der Waals surface area contributed by atoms with Crippen molar-refractivity contribution >= 4 is 11.6 Å². The lowest BCUT2D eigenvalue weighted by Gasteiger charge is -2.21. The first-order chi connectivity index (χ1) is 8.75. The Morgan fingerprint density at radius 3 is 2.47 bits per heavy atom. The second-order valence-electron chi connectivity index (χ2n) is 6.39. The smallest absolute Gasteiger partial charge is 0.145 e. The quantitative estimate of drug-likeness (QED) is 0.850. The molecule has 0 aliphatic rings. The summed E-state index contributed by atoms with van der Waals surface area (Å²) in [6, 6.07) is 4.38. The summed E-state index contributed by atoms with van der Waals surface area (Å²) in [5, 5.41) is 2.47. The molecule has 3 heteroatoms. The molecule has 0 saturated carbocycles. The maximum Gasteiger partial charge on any atom is 0.145 e. The van der Waals surface area contributed by atoms with Gasteiger partial charge in [0.15, 0.2) is 0 Å². The molecule has 0 heterocycles. The van der Waals surface area contributed by atoms with E-state index in [1.54, 1.807) is 6.07 Å². The normalized spacial score (nSPS) is 13.6. The van der Waals surface area contributed by atoms with Gasteiger partial charge in [0.05, 0.1) is 18.1 Å². The zero-order chi connectivity index (χ0) is 14.6. The number of hydrogen-bond donors (Lipinski definition) is 1. The molecule has 1 nitrogen and oxygen atoms in total. The fourth-order valence-electron chi connectivity index (χ4n) is 2.13. The highest BCUT2D eigenvalue weighted by atomic mass is 35.5. The van der Waals surface area contributed by atoms with E-state index >= 15 is 0 Å². The molecule has 0 fully saturated rings. The van der Waals surface area contributed by atoms with Gasteiger partial charge in [0, 0.05) is 0 Å². The van der Waals surface area contributed by atoms with Crippen LogP contribution in [-0.2, 0) is 11.8 Å². The number of quaternary nitrogens is 1. The molecule has 0 amide bonds. The summed E-state index contributed by atoms with van der Waals surface area (Å²) in [5.74, 6) is -0.270. The van der Waals surface area contributed by atoms with Crippen molar-refractivity contribution in [1.82, 2.24) is 0 Å². The van der Waals surface area contributed by atoms with Gasteiger partial charge in [0.2, 0.25) is 0 Å². The van der Waals surface area contributed by atoms with Crippen molar-refractivity contribution in [2.24, 2.45) is 0 Å². The van der Waals surface area contributed by atoms with Crippen molar-refractivity contribution < 1.29 is 9.71 Å². The lowest BCUT2D eigenvalue weighted by molar-refractivity contribution is -0.660. The number of halogens is 2. The van der Waals surface area contributed by atoms with Crippen LogP contribution < -0.4 is 5.32 Å². The van der Waals surface area contributed by atoms with Gasteiger partial charge in [-0.3, -0.25) is 0 Å². The van der Waals surface area contributed by atoms with E-state index in [0.29, 0.717) is 11.6 Å². The molecule has 0 aliphatic heterocycles. The first-order valence-corrected chi connectivity index (χ1v) is 7.41. The molecule has 108 valence electrons. The molecule has 0 bridgehead atoms. The van der Waals surface area contributed by atoms with Crippen LogP contribution in [-0.4, -0.2) is 13.1 Å². The lowest BCUT2D eigenvalue weighted by Crippen LogP contribution is -2.85. The van der Waals surface area contributed by atoms with Gasteiger partial charge in [-0.1, -0.05) is 38.4 Å². The molecular formula is C16H26ClFN+. The zero-order valence-electron chi connectivity index (χ0n) is 12.7. The molecule has 0 radical (unpaired) electrons. The molecule has 1 atom stereocenters. The average molecular weight is 287 g/mol. The maximum absolute atomic E-state index is 14.0. The van der Waals surface area contributed by atoms with Crippen LogP contribution in [0.4, 0.5) is 4.39 Å². The number of hydrogen-bond acceptors (Lipinski definition) is 0. The van der Waals surface area contributed by atoms with Crippen LogP contribution in [0.25, 0.3) is 0 Å². The van der Waals surface area contributed by atoms with Crippen molar-refractivity contribution in [1.29, 1.82) is 0 Å². The van der Waals surface area contributed by atoms with E-state index in [1.165, 1.54) is 0 Å². The van der Waals surface area contributed by atoms with Crippen LogP contribution in [0.15, 0.2) is 12.1 Å². The molecule has 1 aromatic carbocycles. The van der Waals surface area contributed by atoms with Gasteiger partial charge in [-0.15, -0.1) is 0 Å². The van der Waals surface area contributed by atoms with Crippen LogP contribution in [0.1, 0.15) is 51.7 Å². The van der Waals surface area contributed by atoms with Crippen LogP contribution >= 0.6 is 11.6 Å². The molecular weight excluding hydrogens is 261 g/mol. The van der Waals surface area contributed by atoms with Crippen molar-refractivity contribution in [2.45, 2.75) is 58.4 Å². The van der Waals surface area contributed by atoms with Crippen molar-refractivity contribution in [3.8, 4) is 0 Å². The first kappa shape index (κ1) is 16.5. The number of rotatable bonds is 5. The minimum Gasteiger partial charge on any atom is -0.346 e. The Bertz CT molecular complexity index is 423. The zero-order valence-corrected chi connectivity index (χ0v) is 13.4. The Labute approximate surface area is 121 Å². The Morgan fingerprint density at radius 2 is 1.95 bits per heavy atom. The Kier molecular flexibility index (Phi) is 5.82. The molecule has 0 saturated heterocycles. The third-order valence-electron chi connectivity index (χ3n) is 3.59. The SMILES string of the molecule is C[NH2+]C(C)CCCc1cc(Cl)c(F)c(C(C)(C)C)c1. The fraction of sp³-hybridized carbons (Fsp3) is 0.625. The van der Waals surface area contributed by atoms with Gasteiger partial charge in [0.1, 0.15) is 5.82 Å². The van der Waals surface area contributed by atoms with Crippen molar-refractivity contribution in [2.75, 3.05) is 7.05 Å². The third kappa shape index (κ3) is 4.77. The molecule has 1 rings (SSSR count). The van der Waals surface area contributed by atoms with Gasteiger partial charge >= 0.3 is 0 Å². The lowest BCUT2D eigenvalue weighted by atomic mass is 9.85. The summed E-state index contributed by atoms with van der Waals surface area (Å²) < 4.78 is 14.0. The highest BCUT2D eigenvalue weighted by Crippen LogP contribution is 2.31. The Morgan fingerprint density at radius 1 is 1.32 bits per heavy atom. The topological polar surface area (TPSA) is 16.6 Å². The van der Waals surface area contributed by atoms with E-state index in [4.69, 9.17) is 11.6 Å². The molecule has 1 aromatic rings. The standard InChI is InChI=1S/C16H25ClFN/c1-11(19-5)7-6-8-12-9-13(16(2,3)4)15(18)14(17)10-12/h9-11,19H,6-8H2,1-5H3/p+1. The van der Waals surface area contributed by atoms with Gasteiger partial charge in [-0.05, 0) is 48.8 Å². The van der Waals surface area contributed by atoms with Crippen LogP contribution in [0.2, 0.25) is 5.02 Å². The van der Waals surface area contributed by atoms with E-state index in [0.717, 1.165) is 24.8 Å². The van der Waals surface area contributed by atoms with Crippen molar-refractivity contribution in [3.63, 3.8) is 0 Å². The van der Waals surface area contributed by atoms with E-state index in [9.17, 15) is 4.39 Å². The Balaban J connectivity index is 2.83. The molecule has 0 aromatic heterocycles. The van der Waals surface area contributed by atoms with E-state index in [2.05, 4.69) is 19.3 Å². The molecule has 2 N–H and O–H groups in total. The molecule has 0 aliphatic carbocycles. The summed E-state index contributed by atoms with van der Waals surface area (Å²) in [6.07, 6.45) is 3.23. The summed E-state index contributed by atoms with van der Waals surface area (Å²) in [5.41, 5.74) is 1.64. The first-order valence-electron chi connectivity index (χ1n) is 7.03. The van der Waals surface area contributed by atoms with Crippen LogP contribution in [0.3, 0.4) is 0 Å². The third-order valence-corrected chi connectivity index (χ3v) is 3.86. The molecule has 0 spiro atoms. The summed E-state index contributed by atoms with van der Waals surface area (Å²) >= 11 is 6.01.